The van der Waals surface area contributed by atoms with E-state index in [1.807, 2.05) is 20.1 Å². The van der Waals surface area contributed by atoms with Crippen molar-refractivity contribution in [1.82, 2.24) is 20.2 Å². The molecule has 0 amide bonds. The summed E-state index contributed by atoms with van der Waals surface area (Å²) in [7, 11) is -3.56. The minimum atomic E-state index is -3.56. The first-order valence-electron chi connectivity index (χ1n) is 6.72. The molecule has 0 aromatic carbocycles. The molecule has 1 aromatic heterocycles. The van der Waals surface area contributed by atoms with Gasteiger partial charge in [-0.05, 0) is 32.9 Å². The molecule has 1 aliphatic rings. The molecule has 1 aromatic rings. The van der Waals surface area contributed by atoms with Gasteiger partial charge in [-0.3, -0.25) is 5.10 Å². The number of hydrogen-bond acceptors (Lipinski definition) is 5. The van der Waals surface area contributed by atoms with Crippen LogP contribution in [0.5, 0.6) is 0 Å². The van der Waals surface area contributed by atoms with Crippen molar-refractivity contribution in [3.05, 3.63) is 11.3 Å². The van der Waals surface area contributed by atoms with E-state index in [2.05, 4.69) is 20.2 Å². The van der Waals surface area contributed by atoms with E-state index in [4.69, 9.17) is 0 Å². The molecule has 0 saturated heterocycles. The maximum atomic E-state index is 12.4. The Balaban J connectivity index is 2.13. The van der Waals surface area contributed by atoms with Crippen molar-refractivity contribution in [1.29, 1.82) is 0 Å². The smallest absolute Gasteiger partial charge is 0.260 e. The van der Waals surface area contributed by atoms with Crippen molar-refractivity contribution in [2.75, 3.05) is 12.0 Å². The normalized spacial score (nSPS) is 17.4. The molecule has 1 unspecified atom stereocenters. The molecule has 1 fully saturated rings. The Morgan fingerprint density at radius 2 is 2.20 bits per heavy atom. The summed E-state index contributed by atoms with van der Waals surface area (Å²) < 4.78 is 27.4. The fourth-order valence-electron chi connectivity index (χ4n) is 2.00. The number of aryl methyl sites for hydroxylation is 1. The van der Waals surface area contributed by atoms with E-state index in [-0.39, 0.29) is 11.1 Å². The van der Waals surface area contributed by atoms with Crippen molar-refractivity contribution in [2.45, 2.75) is 50.3 Å². The molecule has 0 radical (unpaired) electrons. The van der Waals surface area contributed by atoms with E-state index in [1.54, 1.807) is 11.8 Å². The highest BCUT2D eigenvalue weighted by Crippen LogP contribution is 2.22. The minimum absolute atomic E-state index is 0.115. The third-order valence-corrected chi connectivity index (χ3v) is 5.60. The second-order valence-electron chi connectivity index (χ2n) is 5.27. The Hall–Kier alpha value is -0.570. The molecule has 1 aliphatic carbocycles. The predicted molar refractivity (Wildman–Crippen MR) is 81.4 cm³/mol. The topological polar surface area (TPSA) is 86.9 Å². The number of aromatic amines is 1. The number of rotatable bonds is 8. The van der Waals surface area contributed by atoms with Crippen molar-refractivity contribution in [2.24, 2.45) is 0 Å². The summed E-state index contributed by atoms with van der Waals surface area (Å²) in [5.74, 6) is 0.734. The van der Waals surface area contributed by atoms with Gasteiger partial charge in [0.1, 0.15) is 0 Å². The van der Waals surface area contributed by atoms with Crippen LogP contribution < -0.4 is 10.0 Å². The summed E-state index contributed by atoms with van der Waals surface area (Å²) in [6.45, 7) is 4.25. The van der Waals surface area contributed by atoms with Crippen LogP contribution in [0.25, 0.3) is 0 Å². The highest BCUT2D eigenvalue weighted by molar-refractivity contribution is 7.98. The van der Waals surface area contributed by atoms with Gasteiger partial charge in [-0.25, -0.2) is 13.1 Å². The summed E-state index contributed by atoms with van der Waals surface area (Å²) in [4.78, 5) is 0. The fourth-order valence-corrected chi connectivity index (χ4v) is 4.13. The lowest BCUT2D eigenvalue weighted by Gasteiger charge is -2.13. The van der Waals surface area contributed by atoms with E-state index in [0.29, 0.717) is 12.6 Å². The average molecular weight is 318 g/mol. The highest BCUT2D eigenvalue weighted by atomic mass is 32.2. The first-order chi connectivity index (χ1) is 9.44. The molecule has 3 N–H and O–H groups in total. The van der Waals surface area contributed by atoms with Crippen LogP contribution in [-0.2, 0) is 16.6 Å². The molecule has 1 saturated carbocycles. The lowest BCUT2D eigenvalue weighted by atomic mass is 10.2. The van der Waals surface area contributed by atoms with Crippen LogP contribution in [0.1, 0.15) is 31.0 Å². The van der Waals surface area contributed by atoms with Gasteiger partial charge >= 0.3 is 0 Å². The van der Waals surface area contributed by atoms with Crippen molar-refractivity contribution < 1.29 is 8.42 Å². The van der Waals surface area contributed by atoms with Crippen LogP contribution in [0.4, 0.5) is 0 Å². The molecule has 114 valence electrons. The van der Waals surface area contributed by atoms with Gasteiger partial charge in [-0.2, -0.15) is 16.9 Å². The maximum absolute atomic E-state index is 12.4. The first kappa shape index (κ1) is 15.8. The second-order valence-corrected chi connectivity index (χ2v) is 7.81. The van der Waals surface area contributed by atoms with Crippen LogP contribution in [0.2, 0.25) is 0 Å². The van der Waals surface area contributed by atoms with Crippen LogP contribution in [0, 0.1) is 6.92 Å². The summed E-state index contributed by atoms with van der Waals surface area (Å²) in [5.41, 5.74) is 1.54. The number of aromatic nitrogens is 2. The van der Waals surface area contributed by atoms with E-state index < -0.39 is 10.0 Å². The van der Waals surface area contributed by atoms with Gasteiger partial charge in [0.15, 0.2) is 5.03 Å². The Kier molecular flexibility index (Phi) is 5.11. The summed E-state index contributed by atoms with van der Waals surface area (Å²) in [5, 5.41) is 10.2. The third-order valence-electron chi connectivity index (χ3n) is 3.21. The van der Waals surface area contributed by atoms with Crippen molar-refractivity contribution in [3.63, 3.8) is 0 Å². The molecule has 6 nitrogen and oxygen atoms in total. The van der Waals surface area contributed by atoms with Gasteiger partial charge in [-0.1, -0.05) is 0 Å². The third kappa shape index (κ3) is 3.97. The summed E-state index contributed by atoms with van der Waals surface area (Å²) in [6.07, 6.45) is 4.29. The van der Waals surface area contributed by atoms with Gasteiger partial charge in [-0.15, -0.1) is 0 Å². The number of nitrogens with zero attached hydrogens (tertiary/aromatic N) is 1. The number of thioether (sulfide) groups is 1. The SMILES string of the molecule is CSCC(C)NS(=O)(=O)c1n[nH]c(C)c1CNC1CC1. The van der Waals surface area contributed by atoms with E-state index in [9.17, 15) is 8.42 Å². The Morgan fingerprint density at radius 1 is 1.50 bits per heavy atom. The van der Waals surface area contributed by atoms with Crippen LogP contribution in [0.3, 0.4) is 0 Å². The molecule has 1 heterocycles. The average Bonchev–Trinajstić information content (AvgIpc) is 3.09. The van der Waals surface area contributed by atoms with Crippen molar-refractivity contribution >= 4 is 21.8 Å². The minimum Gasteiger partial charge on any atom is -0.310 e. The van der Waals surface area contributed by atoms with E-state index in [1.165, 1.54) is 12.8 Å². The molecular weight excluding hydrogens is 296 g/mol. The lowest BCUT2D eigenvalue weighted by molar-refractivity contribution is 0.563. The summed E-state index contributed by atoms with van der Waals surface area (Å²) >= 11 is 1.61. The van der Waals surface area contributed by atoms with E-state index >= 15 is 0 Å². The van der Waals surface area contributed by atoms with Crippen LogP contribution >= 0.6 is 11.8 Å². The Labute approximate surface area is 124 Å². The fraction of sp³-hybridized carbons (Fsp3) is 0.750. The van der Waals surface area contributed by atoms with Crippen LogP contribution in [0.15, 0.2) is 5.03 Å². The number of sulfonamides is 1. The number of hydrogen-bond donors (Lipinski definition) is 3. The van der Waals surface area contributed by atoms with Crippen LogP contribution in [-0.4, -0.2) is 42.7 Å². The number of H-pyrrole nitrogens is 1. The molecule has 0 bridgehead atoms. The monoisotopic (exact) mass is 318 g/mol. The quantitative estimate of drug-likeness (QED) is 0.666. The van der Waals surface area contributed by atoms with E-state index in [0.717, 1.165) is 17.0 Å². The zero-order chi connectivity index (χ0) is 14.8. The van der Waals surface area contributed by atoms with Gasteiger partial charge in [0.25, 0.3) is 10.0 Å². The predicted octanol–water partition coefficient (Wildman–Crippen LogP) is 1.000. The molecule has 20 heavy (non-hydrogen) atoms. The second kappa shape index (κ2) is 6.46. The Bertz CT molecular complexity index is 552. The first-order valence-corrected chi connectivity index (χ1v) is 9.60. The zero-order valence-corrected chi connectivity index (χ0v) is 13.7. The molecule has 0 aliphatic heterocycles. The summed E-state index contributed by atoms with van der Waals surface area (Å²) in [6, 6.07) is 0.416. The van der Waals surface area contributed by atoms with Gasteiger partial charge in [0.2, 0.25) is 0 Å². The Morgan fingerprint density at radius 3 is 2.80 bits per heavy atom. The maximum Gasteiger partial charge on any atom is 0.260 e. The standard InChI is InChI=1S/C12H22N4O2S2/c1-8(7-19-3)16-20(17,18)12-11(9(2)14-15-12)6-13-10-4-5-10/h8,10,13,16H,4-7H2,1-3H3,(H,14,15). The highest BCUT2D eigenvalue weighted by Gasteiger charge is 2.27. The molecule has 2 rings (SSSR count). The van der Waals surface area contributed by atoms with Gasteiger partial charge < -0.3 is 5.32 Å². The largest absolute Gasteiger partial charge is 0.310 e. The molecular formula is C12H22N4O2S2. The number of nitrogens with one attached hydrogen (secondary N) is 3. The van der Waals surface area contributed by atoms with Gasteiger partial charge in [0, 0.05) is 35.6 Å². The van der Waals surface area contributed by atoms with Gasteiger partial charge in [0.05, 0.1) is 0 Å². The molecule has 0 spiro atoms. The zero-order valence-electron chi connectivity index (χ0n) is 12.1. The molecule has 1 atom stereocenters. The molecule has 8 heteroatoms. The lowest BCUT2D eigenvalue weighted by Crippen LogP contribution is -2.35. The van der Waals surface area contributed by atoms with Crippen molar-refractivity contribution in [3.8, 4) is 0 Å².